The number of aromatic nitrogens is 2. The standard InChI is InChI=1S/C37H22N2/c1-2-10-25(11-3-1)39-35-20-17-23(21-32(35)33-22-24-9-4-7-16-34(24)38-37(33)39)26-18-19-31-28-13-6-5-12-27(28)30-15-8-14-29(26)36(30)31/h1-22H. The van der Waals surface area contributed by atoms with Crippen LogP contribution in [0.25, 0.3) is 82.7 Å². The van der Waals surface area contributed by atoms with Crippen LogP contribution in [0.3, 0.4) is 0 Å². The first-order valence-electron chi connectivity index (χ1n) is 13.4. The smallest absolute Gasteiger partial charge is 0.146 e. The van der Waals surface area contributed by atoms with Crippen molar-refractivity contribution in [1.29, 1.82) is 0 Å². The van der Waals surface area contributed by atoms with Crippen molar-refractivity contribution in [3.63, 3.8) is 0 Å². The average molecular weight is 495 g/mol. The van der Waals surface area contributed by atoms with E-state index in [1.54, 1.807) is 0 Å². The molecule has 2 nitrogen and oxygen atoms in total. The Morgan fingerprint density at radius 1 is 0.462 bits per heavy atom. The van der Waals surface area contributed by atoms with Crippen LogP contribution in [0.2, 0.25) is 0 Å². The van der Waals surface area contributed by atoms with Gasteiger partial charge in [0.1, 0.15) is 5.65 Å². The summed E-state index contributed by atoms with van der Waals surface area (Å²) < 4.78 is 2.30. The van der Waals surface area contributed by atoms with Gasteiger partial charge in [-0.05, 0) is 80.6 Å². The zero-order valence-electron chi connectivity index (χ0n) is 21.1. The van der Waals surface area contributed by atoms with Gasteiger partial charge in [0.15, 0.2) is 0 Å². The fraction of sp³-hybridized carbons (Fsp3) is 0. The summed E-state index contributed by atoms with van der Waals surface area (Å²) in [5, 5.41) is 6.21. The van der Waals surface area contributed by atoms with E-state index in [-0.39, 0.29) is 0 Å². The Kier molecular flexibility index (Phi) is 4.08. The molecule has 9 rings (SSSR count). The molecule has 1 aliphatic carbocycles. The van der Waals surface area contributed by atoms with Gasteiger partial charge in [0.05, 0.1) is 11.0 Å². The molecule has 0 amide bonds. The Labute approximate surface area is 225 Å². The van der Waals surface area contributed by atoms with E-state index in [1.165, 1.54) is 60.4 Å². The average Bonchev–Trinajstić information content (AvgIpc) is 3.50. The van der Waals surface area contributed by atoms with Crippen LogP contribution in [-0.2, 0) is 0 Å². The predicted molar refractivity (Wildman–Crippen MR) is 163 cm³/mol. The predicted octanol–water partition coefficient (Wildman–Crippen LogP) is 9.80. The Morgan fingerprint density at radius 3 is 2.05 bits per heavy atom. The molecule has 0 N–H and O–H groups in total. The van der Waals surface area contributed by atoms with Gasteiger partial charge < -0.3 is 0 Å². The van der Waals surface area contributed by atoms with E-state index < -0.39 is 0 Å². The number of hydrogen-bond donors (Lipinski definition) is 0. The van der Waals surface area contributed by atoms with Crippen molar-refractivity contribution in [2.45, 2.75) is 0 Å². The van der Waals surface area contributed by atoms with E-state index >= 15 is 0 Å². The van der Waals surface area contributed by atoms with Crippen LogP contribution in [0.1, 0.15) is 0 Å². The van der Waals surface area contributed by atoms with Crippen LogP contribution in [0.4, 0.5) is 0 Å². The minimum atomic E-state index is 0.989. The quantitative estimate of drug-likeness (QED) is 0.234. The third-order valence-corrected chi connectivity index (χ3v) is 8.32. The lowest BCUT2D eigenvalue weighted by atomic mass is 9.93. The maximum absolute atomic E-state index is 5.16. The zero-order valence-corrected chi connectivity index (χ0v) is 21.1. The van der Waals surface area contributed by atoms with Crippen molar-refractivity contribution in [2.24, 2.45) is 0 Å². The molecule has 0 radical (unpaired) electrons. The normalized spacial score (nSPS) is 12.1. The van der Waals surface area contributed by atoms with E-state index in [4.69, 9.17) is 4.98 Å². The van der Waals surface area contributed by atoms with E-state index in [9.17, 15) is 0 Å². The minimum Gasteiger partial charge on any atom is -0.294 e. The fourth-order valence-electron chi connectivity index (χ4n) is 6.60. The molecule has 2 heterocycles. The van der Waals surface area contributed by atoms with Crippen molar-refractivity contribution in [3.8, 4) is 39.1 Å². The molecule has 180 valence electrons. The molecular formula is C37H22N2. The number of hydrogen-bond acceptors (Lipinski definition) is 1. The number of para-hydroxylation sites is 2. The van der Waals surface area contributed by atoms with Crippen molar-refractivity contribution in [2.75, 3.05) is 0 Å². The summed E-state index contributed by atoms with van der Waals surface area (Å²) in [4.78, 5) is 5.16. The topological polar surface area (TPSA) is 17.8 Å². The summed E-state index contributed by atoms with van der Waals surface area (Å²) in [6.07, 6.45) is 0. The molecule has 6 aromatic carbocycles. The second-order valence-corrected chi connectivity index (χ2v) is 10.4. The van der Waals surface area contributed by atoms with Gasteiger partial charge in [-0.2, -0.15) is 0 Å². The summed E-state index contributed by atoms with van der Waals surface area (Å²) >= 11 is 0. The molecule has 0 fully saturated rings. The van der Waals surface area contributed by atoms with Gasteiger partial charge in [0.2, 0.25) is 0 Å². The van der Waals surface area contributed by atoms with Crippen LogP contribution >= 0.6 is 0 Å². The molecule has 0 atom stereocenters. The number of benzene rings is 6. The first kappa shape index (κ1) is 20.8. The molecule has 0 aliphatic heterocycles. The maximum atomic E-state index is 5.16. The van der Waals surface area contributed by atoms with Crippen LogP contribution in [0.15, 0.2) is 133 Å². The Bertz CT molecular complexity index is 2240. The molecule has 39 heavy (non-hydrogen) atoms. The first-order chi connectivity index (χ1) is 19.3. The minimum absolute atomic E-state index is 0.989. The van der Waals surface area contributed by atoms with Crippen molar-refractivity contribution in [1.82, 2.24) is 9.55 Å². The molecule has 0 bridgehead atoms. The maximum Gasteiger partial charge on any atom is 0.146 e. The lowest BCUT2D eigenvalue weighted by molar-refractivity contribution is 1.15. The highest BCUT2D eigenvalue weighted by atomic mass is 15.0. The molecule has 2 heteroatoms. The third-order valence-electron chi connectivity index (χ3n) is 8.32. The van der Waals surface area contributed by atoms with Crippen LogP contribution < -0.4 is 0 Å². The van der Waals surface area contributed by atoms with Crippen LogP contribution in [0.5, 0.6) is 0 Å². The summed E-state index contributed by atoms with van der Waals surface area (Å²) in [7, 11) is 0. The van der Waals surface area contributed by atoms with Gasteiger partial charge in [-0.3, -0.25) is 4.57 Å². The van der Waals surface area contributed by atoms with Gasteiger partial charge >= 0.3 is 0 Å². The van der Waals surface area contributed by atoms with E-state index in [2.05, 4.69) is 138 Å². The zero-order chi connectivity index (χ0) is 25.5. The van der Waals surface area contributed by atoms with Crippen molar-refractivity contribution < 1.29 is 0 Å². The highest BCUT2D eigenvalue weighted by Gasteiger charge is 2.23. The summed E-state index contributed by atoms with van der Waals surface area (Å²) in [6.45, 7) is 0. The molecule has 0 saturated heterocycles. The molecule has 0 saturated carbocycles. The molecule has 1 aliphatic rings. The number of fused-ring (bicyclic) bond motifs is 7. The largest absolute Gasteiger partial charge is 0.294 e. The Balaban J connectivity index is 1.35. The van der Waals surface area contributed by atoms with Crippen LogP contribution in [0, 0.1) is 0 Å². The van der Waals surface area contributed by atoms with Crippen molar-refractivity contribution >= 4 is 43.6 Å². The van der Waals surface area contributed by atoms with E-state index in [0.717, 1.165) is 22.2 Å². The summed E-state index contributed by atoms with van der Waals surface area (Å²) in [5.74, 6) is 0. The number of pyridine rings is 1. The van der Waals surface area contributed by atoms with Gasteiger partial charge in [0, 0.05) is 21.8 Å². The third kappa shape index (κ3) is 2.83. The van der Waals surface area contributed by atoms with E-state index in [0.29, 0.717) is 0 Å². The van der Waals surface area contributed by atoms with E-state index in [1.807, 2.05) is 0 Å². The monoisotopic (exact) mass is 494 g/mol. The Morgan fingerprint density at radius 2 is 1.18 bits per heavy atom. The van der Waals surface area contributed by atoms with Crippen LogP contribution in [-0.4, -0.2) is 9.55 Å². The SMILES string of the molecule is c1ccc(-n2c3ccc(-c4ccc5c6c(cccc46)-c4ccccc4-5)cc3c3cc4ccccc4nc32)cc1. The second kappa shape index (κ2) is 7.66. The fourth-order valence-corrected chi connectivity index (χ4v) is 6.60. The van der Waals surface area contributed by atoms with Gasteiger partial charge in [-0.15, -0.1) is 0 Å². The van der Waals surface area contributed by atoms with Gasteiger partial charge in [-0.1, -0.05) is 97.1 Å². The molecular weight excluding hydrogens is 472 g/mol. The van der Waals surface area contributed by atoms with Crippen molar-refractivity contribution in [3.05, 3.63) is 133 Å². The summed E-state index contributed by atoms with van der Waals surface area (Å²) in [6, 6.07) is 48.2. The second-order valence-electron chi connectivity index (χ2n) is 10.4. The van der Waals surface area contributed by atoms with Gasteiger partial charge in [-0.25, -0.2) is 4.98 Å². The summed E-state index contributed by atoms with van der Waals surface area (Å²) in [5.41, 5.74) is 12.1. The number of nitrogens with zero attached hydrogens (tertiary/aromatic N) is 2. The highest BCUT2D eigenvalue weighted by molar-refractivity contribution is 6.19. The first-order valence-corrected chi connectivity index (χ1v) is 13.4. The lowest BCUT2D eigenvalue weighted by Crippen LogP contribution is -1.95. The molecule has 0 spiro atoms. The lowest BCUT2D eigenvalue weighted by Gasteiger charge is -2.11. The molecule has 8 aromatic rings. The highest BCUT2D eigenvalue weighted by Crippen LogP contribution is 2.49. The van der Waals surface area contributed by atoms with Gasteiger partial charge in [0.25, 0.3) is 0 Å². The number of rotatable bonds is 2. The Hall–Kier alpha value is -5.21. The molecule has 0 unspecified atom stereocenters. The molecule has 2 aromatic heterocycles.